The van der Waals surface area contributed by atoms with Crippen LogP contribution in [0.1, 0.15) is 68.5 Å². The fourth-order valence-corrected chi connectivity index (χ4v) is 8.67. The zero-order valence-corrected chi connectivity index (χ0v) is 39.9. The summed E-state index contributed by atoms with van der Waals surface area (Å²) in [5, 5.41) is 36.3. The van der Waals surface area contributed by atoms with E-state index in [0.29, 0.717) is 29.0 Å². The van der Waals surface area contributed by atoms with Gasteiger partial charge in [0, 0.05) is 46.3 Å². The maximum atomic E-state index is 12.4. The molecule has 0 aliphatic carbocycles. The second-order valence-electron chi connectivity index (χ2n) is 17.5. The topological polar surface area (TPSA) is 185 Å². The Morgan fingerprint density at radius 1 is 0.536 bits per heavy atom. The highest BCUT2D eigenvalue weighted by Crippen LogP contribution is 2.39. The number of hydrogen-bond acceptors (Lipinski definition) is 8. The summed E-state index contributed by atoms with van der Waals surface area (Å²) in [6.07, 6.45) is 0.698. The van der Waals surface area contributed by atoms with Crippen LogP contribution in [0.3, 0.4) is 0 Å². The van der Waals surface area contributed by atoms with Gasteiger partial charge in [-0.05, 0) is 118 Å². The number of nitrogens with two attached hydrogens (primary N) is 1. The summed E-state index contributed by atoms with van der Waals surface area (Å²) in [5.41, 5.74) is 18.9. The monoisotopic (exact) mass is 922 g/mol. The van der Waals surface area contributed by atoms with E-state index >= 15 is 0 Å². The maximum absolute atomic E-state index is 12.4. The number of ketones is 2. The number of carbonyl (C=O) groups is 3. The summed E-state index contributed by atoms with van der Waals surface area (Å²) >= 11 is 0. The second-order valence-corrected chi connectivity index (χ2v) is 17.5. The first kappa shape index (κ1) is 48.8. The van der Waals surface area contributed by atoms with Crippen molar-refractivity contribution in [1.82, 2.24) is 14.5 Å². The lowest BCUT2D eigenvalue weighted by atomic mass is 10.0. The number of nitrogens with zero attached hydrogens (tertiary/aromatic N) is 4. The van der Waals surface area contributed by atoms with Crippen molar-refractivity contribution in [2.45, 2.75) is 54.4 Å². The Bertz CT molecular complexity index is 3220. The minimum atomic E-state index is -0.768. The van der Waals surface area contributed by atoms with Gasteiger partial charge in [-0.15, -0.1) is 0 Å². The molecule has 2 amide bonds. The normalized spacial score (nSPS) is 11.7. The third kappa shape index (κ3) is 11.4. The van der Waals surface area contributed by atoms with Crippen molar-refractivity contribution in [1.29, 1.82) is 0 Å². The van der Waals surface area contributed by atoms with Gasteiger partial charge in [0.1, 0.15) is 6.54 Å². The van der Waals surface area contributed by atoms with E-state index in [1.807, 2.05) is 154 Å². The number of nitrogens with one attached hydrogen (secondary N) is 1. The number of rotatable bonds is 15. The first-order chi connectivity index (χ1) is 33.1. The fraction of sp³-hybridized carbons (Fsp3) is 0.211. The number of aliphatic imine (C=N–C) groups is 2. The van der Waals surface area contributed by atoms with Crippen LogP contribution >= 0.6 is 0 Å². The molecule has 69 heavy (non-hydrogen) atoms. The van der Waals surface area contributed by atoms with Gasteiger partial charge in [-0.1, -0.05) is 97.1 Å². The highest BCUT2D eigenvalue weighted by molar-refractivity contribution is 6.23. The molecule has 2 heterocycles. The molecule has 0 unspecified atom stereocenters. The molecule has 12 nitrogen and oxygen atoms in total. The Balaban J connectivity index is 0.000000204. The van der Waals surface area contributed by atoms with E-state index in [4.69, 9.17) is 15.8 Å². The second kappa shape index (κ2) is 21.7. The van der Waals surface area contributed by atoms with E-state index in [0.717, 1.165) is 77.7 Å². The lowest BCUT2D eigenvalue weighted by Crippen LogP contribution is -2.34. The van der Waals surface area contributed by atoms with Crippen molar-refractivity contribution >= 4 is 50.8 Å². The predicted octanol–water partition coefficient (Wildman–Crippen LogP) is 9.78. The Labute approximate surface area is 402 Å². The molecule has 0 radical (unpaired) electrons. The lowest BCUT2D eigenvalue weighted by Gasteiger charge is -2.11. The zero-order valence-electron chi connectivity index (χ0n) is 39.9. The molecule has 0 aliphatic rings. The van der Waals surface area contributed by atoms with E-state index in [9.17, 15) is 24.6 Å². The fourth-order valence-electron chi connectivity index (χ4n) is 8.67. The van der Waals surface area contributed by atoms with Crippen molar-refractivity contribution in [3.8, 4) is 23.1 Å². The summed E-state index contributed by atoms with van der Waals surface area (Å²) in [6, 6.07) is 42.7. The third-order valence-corrected chi connectivity index (χ3v) is 11.6. The number of aliphatic hydroxyl groups excluding tert-OH is 1. The summed E-state index contributed by atoms with van der Waals surface area (Å²) < 4.78 is 3.69. The van der Waals surface area contributed by atoms with Gasteiger partial charge in [-0.2, -0.15) is 0 Å². The van der Waals surface area contributed by atoms with E-state index in [-0.39, 0.29) is 56.0 Å². The van der Waals surface area contributed by atoms with Crippen molar-refractivity contribution in [3.63, 3.8) is 0 Å². The number of aliphatic hydroxyl groups is 1. The summed E-state index contributed by atoms with van der Waals surface area (Å²) in [4.78, 5) is 45.0. The largest absolute Gasteiger partial charge is 0.494 e. The number of aryl methyl sites for hydroxylation is 6. The Morgan fingerprint density at radius 2 is 0.942 bits per heavy atom. The van der Waals surface area contributed by atoms with Gasteiger partial charge >= 0.3 is 6.03 Å². The van der Waals surface area contributed by atoms with Crippen LogP contribution in [0, 0.1) is 41.5 Å². The van der Waals surface area contributed by atoms with E-state index < -0.39 is 6.03 Å². The van der Waals surface area contributed by atoms with Gasteiger partial charge in [-0.3, -0.25) is 28.7 Å². The van der Waals surface area contributed by atoms with E-state index in [1.165, 1.54) is 0 Å². The van der Waals surface area contributed by atoms with Crippen LogP contribution < -0.4 is 11.1 Å². The quantitative estimate of drug-likeness (QED) is 0.0638. The number of carbonyl (C=O) groups excluding carboxylic acids is 3. The van der Waals surface area contributed by atoms with Gasteiger partial charge in [0.15, 0.2) is 11.6 Å². The number of urea groups is 1. The molecule has 0 spiro atoms. The molecule has 0 saturated carbocycles. The van der Waals surface area contributed by atoms with Gasteiger partial charge in [0.25, 0.3) is 0 Å². The van der Waals surface area contributed by atoms with Gasteiger partial charge in [-0.25, -0.2) is 4.79 Å². The number of Topliss-reactive ketones (excluding diaryl/α,β-unsaturated/α-hetero) is 2. The number of hydrogen-bond donors (Lipinski definition) is 5. The number of benzene rings is 6. The molecule has 8 aromatic rings. The first-order valence-electron chi connectivity index (χ1n) is 22.9. The molecule has 12 heteroatoms. The molecule has 0 aliphatic heterocycles. The average Bonchev–Trinajstić information content (AvgIpc) is 3.76. The number of amides is 2. The SMILES string of the molecule is Cc1cc(C)cc(-n2c(O)c(C(=NCC(=O)CCCO)c3ccccc3)c3ccc(C)cc32)c1.Cc1cc(C)cc(-n2c(O)c(C(=NCC(=O)CNC(N)=O)c3ccccc3)c3ccc(C)cc32)c1. The molecule has 0 saturated heterocycles. The summed E-state index contributed by atoms with van der Waals surface area (Å²) in [5.74, 6) is -0.210. The average molecular weight is 923 g/mol. The Kier molecular flexibility index (Phi) is 15.3. The smallest absolute Gasteiger partial charge is 0.312 e. The van der Waals surface area contributed by atoms with Crippen LogP contribution in [0.25, 0.3) is 33.2 Å². The number of fused-ring (bicyclic) bond motifs is 2. The molecule has 0 fully saturated rings. The van der Waals surface area contributed by atoms with Crippen molar-refractivity contribution in [3.05, 3.63) is 189 Å². The van der Waals surface area contributed by atoms with Crippen molar-refractivity contribution in [2.24, 2.45) is 15.7 Å². The molecular weight excluding hydrogens is 865 g/mol. The Hall–Kier alpha value is -8.09. The maximum Gasteiger partial charge on any atom is 0.312 e. The highest BCUT2D eigenvalue weighted by atomic mass is 16.3. The van der Waals surface area contributed by atoms with Crippen molar-refractivity contribution < 1.29 is 29.7 Å². The standard InChI is InChI=1S/C29H30N2O3.C28H28N4O3/c1-19-11-12-25-26(17-19)31(23-15-20(2)14-21(3)16-23)29(34)27(25)28(22-8-5-4-6-9-22)30-18-24(33)10-7-13-32;1-17-9-10-23-24(14-17)32(21-12-18(2)11-19(3)13-21)27(34)25(23)26(20-7-5-4-6-8-20)30-15-22(33)16-31-28(29)35/h4-6,8-9,11-12,14-17,32,34H,7,10,13,18H2,1-3H3;4-14,34H,15-16H2,1-3H3,(H3,29,31,35). The van der Waals surface area contributed by atoms with Gasteiger partial charge in [0.05, 0.1) is 46.7 Å². The Morgan fingerprint density at radius 3 is 1.33 bits per heavy atom. The van der Waals surface area contributed by atoms with Gasteiger partial charge in [0.2, 0.25) is 11.8 Å². The van der Waals surface area contributed by atoms with Crippen LogP contribution in [-0.4, -0.2) is 79.7 Å². The number of aromatic hydroxyl groups is 2. The number of primary amides is 1. The molecule has 0 bridgehead atoms. The van der Waals surface area contributed by atoms with Crippen LogP contribution in [0.4, 0.5) is 4.79 Å². The van der Waals surface area contributed by atoms with Crippen LogP contribution in [0.2, 0.25) is 0 Å². The van der Waals surface area contributed by atoms with E-state index in [2.05, 4.69) is 40.6 Å². The summed E-state index contributed by atoms with van der Waals surface area (Å²) in [6.45, 7) is 11.7. The van der Waals surface area contributed by atoms with Gasteiger partial charge < -0.3 is 26.4 Å². The molecule has 6 aromatic carbocycles. The van der Waals surface area contributed by atoms with Crippen LogP contribution in [0.15, 0.2) is 143 Å². The number of aromatic nitrogens is 2. The van der Waals surface area contributed by atoms with Crippen LogP contribution in [0.5, 0.6) is 11.8 Å². The molecule has 352 valence electrons. The van der Waals surface area contributed by atoms with Crippen LogP contribution in [-0.2, 0) is 9.59 Å². The third-order valence-electron chi connectivity index (χ3n) is 11.6. The lowest BCUT2D eigenvalue weighted by molar-refractivity contribution is -0.118. The highest BCUT2D eigenvalue weighted by Gasteiger charge is 2.25. The minimum absolute atomic E-state index is 0.00818. The first-order valence-corrected chi connectivity index (χ1v) is 22.9. The predicted molar refractivity (Wildman–Crippen MR) is 276 cm³/mol. The zero-order chi connectivity index (χ0) is 49.4. The molecular formula is C57H58N6O6. The molecule has 2 aromatic heterocycles. The molecule has 6 N–H and O–H groups in total. The molecule has 8 rings (SSSR count). The molecule has 0 atom stereocenters. The minimum Gasteiger partial charge on any atom is -0.494 e. The summed E-state index contributed by atoms with van der Waals surface area (Å²) in [7, 11) is 0. The van der Waals surface area contributed by atoms with E-state index in [1.54, 1.807) is 0 Å². The van der Waals surface area contributed by atoms with Crippen molar-refractivity contribution in [2.75, 3.05) is 26.2 Å².